The van der Waals surface area contributed by atoms with Crippen LogP contribution in [0, 0.1) is 0 Å². The second-order valence-corrected chi connectivity index (χ2v) is 4.51. The molecule has 0 aromatic carbocycles. The minimum atomic E-state index is 0.0643. The van der Waals surface area contributed by atoms with Gasteiger partial charge in [-0.25, -0.2) is 4.79 Å². The van der Waals surface area contributed by atoms with Gasteiger partial charge >= 0.3 is 6.03 Å². The van der Waals surface area contributed by atoms with Crippen LogP contribution in [0.4, 0.5) is 4.79 Å². The van der Waals surface area contributed by atoms with Crippen molar-refractivity contribution in [2.75, 3.05) is 20.1 Å². The Kier molecular flexibility index (Phi) is 5.60. The van der Waals surface area contributed by atoms with Crippen molar-refractivity contribution in [1.82, 2.24) is 15.5 Å². The normalized spacial score (nSPS) is 25.2. The zero-order valence-corrected chi connectivity index (χ0v) is 10.8. The Bertz CT molecular complexity index is 212. The maximum absolute atomic E-state index is 11.6. The number of urea groups is 1. The molecule has 0 radical (unpaired) electrons. The summed E-state index contributed by atoms with van der Waals surface area (Å²) in [5.41, 5.74) is 0. The molecule has 1 fully saturated rings. The SMILES string of the molecule is CCNC(=O)N(C)C1CCC(NCC)CC1. The summed E-state index contributed by atoms with van der Waals surface area (Å²) in [6.07, 6.45) is 4.60. The van der Waals surface area contributed by atoms with E-state index in [9.17, 15) is 4.79 Å². The van der Waals surface area contributed by atoms with Crippen LogP contribution in [-0.4, -0.2) is 43.2 Å². The van der Waals surface area contributed by atoms with Gasteiger partial charge < -0.3 is 15.5 Å². The summed E-state index contributed by atoms with van der Waals surface area (Å²) in [4.78, 5) is 13.5. The summed E-state index contributed by atoms with van der Waals surface area (Å²) in [6, 6.07) is 1.14. The van der Waals surface area contributed by atoms with E-state index in [0.29, 0.717) is 18.6 Å². The Balaban J connectivity index is 2.32. The van der Waals surface area contributed by atoms with E-state index in [4.69, 9.17) is 0 Å². The Hall–Kier alpha value is -0.770. The van der Waals surface area contributed by atoms with Gasteiger partial charge in [0.25, 0.3) is 0 Å². The van der Waals surface area contributed by atoms with Crippen LogP contribution in [0.15, 0.2) is 0 Å². The molecule has 2 amide bonds. The van der Waals surface area contributed by atoms with Gasteiger partial charge in [0.1, 0.15) is 0 Å². The Labute approximate surface area is 98.8 Å². The highest BCUT2D eigenvalue weighted by molar-refractivity contribution is 5.74. The number of hydrogen-bond donors (Lipinski definition) is 2. The molecule has 0 aromatic rings. The smallest absolute Gasteiger partial charge is 0.317 e. The number of amides is 2. The third kappa shape index (κ3) is 3.67. The van der Waals surface area contributed by atoms with Gasteiger partial charge in [-0.05, 0) is 39.2 Å². The van der Waals surface area contributed by atoms with E-state index in [-0.39, 0.29) is 6.03 Å². The number of nitrogens with zero attached hydrogens (tertiary/aromatic N) is 1. The molecule has 1 aliphatic rings. The monoisotopic (exact) mass is 227 g/mol. The van der Waals surface area contributed by atoms with Crippen molar-refractivity contribution >= 4 is 6.03 Å². The number of nitrogens with one attached hydrogen (secondary N) is 2. The molecule has 16 heavy (non-hydrogen) atoms. The quantitative estimate of drug-likeness (QED) is 0.765. The Morgan fingerprint density at radius 1 is 1.19 bits per heavy atom. The first-order valence-corrected chi connectivity index (χ1v) is 6.43. The van der Waals surface area contributed by atoms with Crippen LogP contribution in [0.5, 0.6) is 0 Å². The Morgan fingerprint density at radius 2 is 1.81 bits per heavy atom. The van der Waals surface area contributed by atoms with Crippen LogP contribution >= 0.6 is 0 Å². The van der Waals surface area contributed by atoms with Gasteiger partial charge in [-0.15, -0.1) is 0 Å². The van der Waals surface area contributed by atoms with E-state index < -0.39 is 0 Å². The van der Waals surface area contributed by atoms with Crippen molar-refractivity contribution in [3.63, 3.8) is 0 Å². The van der Waals surface area contributed by atoms with Crippen LogP contribution in [0.25, 0.3) is 0 Å². The summed E-state index contributed by atoms with van der Waals surface area (Å²) in [6.45, 7) is 5.85. The molecule has 0 atom stereocenters. The molecule has 94 valence electrons. The molecule has 0 saturated heterocycles. The van der Waals surface area contributed by atoms with E-state index >= 15 is 0 Å². The summed E-state index contributed by atoms with van der Waals surface area (Å²) >= 11 is 0. The first-order valence-electron chi connectivity index (χ1n) is 6.43. The molecule has 2 N–H and O–H groups in total. The topological polar surface area (TPSA) is 44.4 Å². The third-order valence-electron chi connectivity index (χ3n) is 3.39. The van der Waals surface area contributed by atoms with Gasteiger partial charge in [0.15, 0.2) is 0 Å². The first kappa shape index (κ1) is 13.3. The van der Waals surface area contributed by atoms with Crippen molar-refractivity contribution in [2.24, 2.45) is 0 Å². The highest BCUT2D eigenvalue weighted by Gasteiger charge is 2.25. The second-order valence-electron chi connectivity index (χ2n) is 4.51. The largest absolute Gasteiger partial charge is 0.338 e. The van der Waals surface area contributed by atoms with E-state index in [1.165, 1.54) is 12.8 Å². The van der Waals surface area contributed by atoms with E-state index in [0.717, 1.165) is 19.4 Å². The summed E-state index contributed by atoms with van der Waals surface area (Å²) in [5.74, 6) is 0. The van der Waals surface area contributed by atoms with Crippen molar-refractivity contribution in [1.29, 1.82) is 0 Å². The molecular formula is C12H25N3O. The highest BCUT2D eigenvalue weighted by Crippen LogP contribution is 2.22. The summed E-state index contributed by atoms with van der Waals surface area (Å²) < 4.78 is 0. The van der Waals surface area contributed by atoms with Gasteiger partial charge in [-0.3, -0.25) is 0 Å². The highest BCUT2D eigenvalue weighted by atomic mass is 16.2. The maximum atomic E-state index is 11.6. The average molecular weight is 227 g/mol. The fraction of sp³-hybridized carbons (Fsp3) is 0.917. The summed E-state index contributed by atoms with van der Waals surface area (Å²) in [5, 5.41) is 6.33. The fourth-order valence-electron chi connectivity index (χ4n) is 2.40. The van der Waals surface area contributed by atoms with Crippen LogP contribution in [0.3, 0.4) is 0 Å². The van der Waals surface area contributed by atoms with Crippen molar-refractivity contribution in [3.8, 4) is 0 Å². The van der Waals surface area contributed by atoms with E-state index in [1.54, 1.807) is 0 Å². The van der Waals surface area contributed by atoms with Crippen molar-refractivity contribution in [2.45, 2.75) is 51.6 Å². The lowest BCUT2D eigenvalue weighted by atomic mass is 9.90. The van der Waals surface area contributed by atoms with Crippen LogP contribution in [0.2, 0.25) is 0 Å². The number of carbonyl (C=O) groups is 1. The van der Waals surface area contributed by atoms with Crippen molar-refractivity contribution in [3.05, 3.63) is 0 Å². The van der Waals surface area contributed by atoms with Crippen LogP contribution in [0.1, 0.15) is 39.5 Å². The van der Waals surface area contributed by atoms with Crippen LogP contribution in [-0.2, 0) is 0 Å². The third-order valence-corrected chi connectivity index (χ3v) is 3.39. The van der Waals surface area contributed by atoms with E-state index in [2.05, 4.69) is 17.6 Å². The first-order chi connectivity index (χ1) is 7.69. The average Bonchev–Trinajstić information content (AvgIpc) is 2.30. The number of rotatable bonds is 4. The van der Waals surface area contributed by atoms with Gasteiger partial charge in [-0.1, -0.05) is 6.92 Å². The molecule has 0 heterocycles. The number of carbonyl (C=O) groups excluding carboxylic acids is 1. The van der Waals surface area contributed by atoms with E-state index in [1.807, 2.05) is 18.9 Å². The molecule has 0 unspecified atom stereocenters. The molecule has 0 spiro atoms. The van der Waals surface area contributed by atoms with Gasteiger partial charge in [0.05, 0.1) is 0 Å². The van der Waals surface area contributed by atoms with Gasteiger partial charge in [0.2, 0.25) is 0 Å². The van der Waals surface area contributed by atoms with Crippen molar-refractivity contribution < 1.29 is 4.79 Å². The molecule has 1 aliphatic carbocycles. The predicted molar refractivity (Wildman–Crippen MR) is 66.6 cm³/mol. The molecule has 0 aliphatic heterocycles. The lowest BCUT2D eigenvalue weighted by Crippen LogP contribution is -2.46. The molecule has 4 nitrogen and oxygen atoms in total. The summed E-state index contributed by atoms with van der Waals surface area (Å²) in [7, 11) is 1.91. The maximum Gasteiger partial charge on any atom is 0.317 e. The zero-order valence-electron chi connectivity index (χ0n) is 10.8. The molecule has 4 heteroatoms. The molecular weight excluding hydrogens is 202 g/mol. The Morgan fingerprint density at radius 3 is 2.31 bits per heavy atom. The molecule has 1 saturated carbocycles. The molecule has 0 aromatic heterocycles. The lowest BCUT2D eigenvalue weighted by Gasteiger charge is -2.34. The lowest BCUT2D eigenvalue weighted by molar-refractivity contribution is 0.166. The minimum absolute atomic E-state index is 0.0643. The van der Waals surface area contributed by atoms with Crippen LogP contribution < -0.4 is 10.6 Å². The second kappa shape index (κ2) is 6.74. The fourth-order valence-corrected chi connectivity index (χ4v) is 2.40. The van der Waals surface area contributed by atoms with Gasteiger partial charge in [0, 0.05) is 25.7 Å². The standard InChI is InChI=1S/C12H25N3O/c1-4-13-10-6-8-11(9-7-10)15(3)12(16)14-5-2/h10-11,13H,4-9H2,1-3H3,(H,14,16). The van der Waals surface area contributed by atoms with Gasteiger partial charge in [-0.2, -0.15) is 0 Å². The predicted octanol–water partition coefficient (Wildman–Crippen LogP) is 1.57. The number of hydrogen-bond acceptors (Lipinski definition) is 2. The zero-order chi connectivity index (χ0) is 12.0. The molecule has 1 rings (SSSR count). The minimum Gasteiger partial charge on any atom is -0.338 e. The molecule has 0 bridgehead atoms.